The molecule has 0 saturated carbocycles. The van der Waals surface area contributed by atoms with E-state index in [1.54, 1.807) is 24.3 Å². The van der Waals surface area contributed by atoms with Crippen molar-refractivity contribution in [3.05, 3.63) is 48.5 Å². The Labute approximate surface area is 186 Å². The highest BCUT2D eigenvalue weighted by Crippen LogP contribution is 2.26. The third-order valence-electron chi connectivity index (χ3n) is 4.82. The summed E-state index contributed by atoms with van der Waals surface area (Å²) in [6.45, 7) is 1.50. The smallest absolute Gasteiger partial charge is 0.243 e. The predicted octanol–water partition coefficient (Wildman–Crippen LogP) is 1.17. The van der Waals surface area contributed by atoms with Gasteiger partial charge in [0.2, 0.25) is 27.7 Å². The minimum Gasteiger partial charge on any atom is -0.495 e. The summed E-state index contributed by atoms with van der Waals surface area (Å²) in [7, 11) is -2.60. The Morgan fingerprint density at radius 1 is 1.12 bits per heavy atom. The molecule has 0 bridgehead atoms. The van der Waals surface area contributed by atoms with Crippen molar-refractivity contribution in [2.24, 2.45) is 0 Å². The van der Waals surface area contributed by atoms with Gasteiger partial charge in [-0.15, -0.1) is 0 Å². The van der Waals surface area contributed by atoms with Gasteiger partial charge < -0.3 is 20.7 Å². The van der Waals surface area contributed by atoms with Gasteiger partial charge in [-0.25, -0.2) is 8.42 Å². The highest BCUT2D eigenvalue weighted by Gasteiger charge is 2.39. The van der Waals surface area contributed by atoms with Crippen molar-refractivity contribution in [3.8, 4) is 5.75 Å². The maximum absolute atomic E-state index is 13.2. The van der Waals surface area contributed by atoms with E-state index < -0.39 is 27.9 Å². The standard InChI is InChI=1S/C21H24N4O6S/c1-14(26)23-15-7-9-16(10-8-15)32(29,30)25-12-11-22-21(28)18(25)13-20(27)24-17-5-3-4-6-19(17)31-2/h3-10,18H,11-13H2,1-2H3,(H,22,28)(H,23,26)(H,24,27)/t18-/m0/s1. The molecule has 1 heterocycles. The molecule has 11 heteroatoms. The van der Waals surface area contributed by atoms with E-state index in [0.29, 0.717) is 17.1 Å². The highest BCUT2D eigenvalue weighted by molar-refractivity contribution is 7.89. The number of carbonyl (C=O) groups excluding carboxylic acids is 3. The van der Waals surface area contributed by atoms with Crippen molar-refractivity contribution >= 4 is 39.1 Å². The Morgan fingerprint density at radius 2 is 1.81 bits per heavy atom. The number of methoxy groups -OCH3 is 1. The lowest BCUT2D eigenvalue weighted by molar-refractivity contribution is -0.130. The average Bonchev–Trinajstić information content (AvgIpc) is 2.75. The maximum atomic E-state index is 13.2. The van der Waals surface area contributed by atoms with E-state index in [1.807, 2.05) is 0 Å². The van der Waals surface area contributed by atoms with Gasteiger partial charge in [-0.3, -0.25) is 14.4 Å². The van der Waals surface area contributed by atoms with E-state index in [9.17, 15) is 22.8 Å². The number of amides is 3. The summed E-state index contributed by atoms with van der Waals surface area (Å²) in [6.07, 6.45) is -0.368. The Hall–Kier alpha value is -3.44. The zero-order chi connectivity index (χ0) is 23.3. The summed E-state index contributed by atoms with van der Waals surface area (Å²) < 4.78 is 32.7. The Bertz CT molecular complexity index is 1120. The Balaban J connectivity index is 1.80. The van der Waals surface area contributed by atoms with E-state index in [1.165, 1.54) is 38.3 Å². The van der Waals surface area contributed by atoms with Crippen LogP contribution >= 0.6 is 0 Å². The first-order chi connectivity index (χ1) is 15.2. The van der Waals surface area contributed by atoms with Crippen LogP contribution in [-0.2, 0) is 24.4 Å². The van der Waals surface area contributed by atoms with Gasteiger partial charge in [0.05, 0.1) is 24.1 Å². The number of nitrogens with one attached hydrogen (secondary N) is 3. The van der Waals surface area contributed by atoms with E-state index in [-0.39, 0.29) is 30.3 Å². The number of hydrogen-bond acceptors (Lipinski definition) is 6. The van der Waals surface area contributed by atoms with Crippen LogP contribution in [0, 0.1) is 0 Å². The third-order valence-corrected chi connectivity index (χ3v) is 6.75. The van der Waals surface area contributed by atoms with E-state index >= 15 is 0 Å². The Morgan fingerprint density at radius 3 is 2.47 bits per heavy atom. The van der Waals surface area contributed by atoms with Crippen molar-refractivity contribution in [3.63, 3.8) is 0 Å². The number of benzene rings is 2. The number of rotatable bonds is 7. The molecule has 0 radical (unpaired) electrons. The second-order valence-corrected chi connectivity index (χ2v) is 8.97. The van der Waals surface area contributed by atoms with Gasteiger partial charge in [0.25, 0.3) is 0 Å². The fraction of sp³-hybridized carbons (Fsp3) is 0.286. The molecule has 0 aromatic heterocycles. The fourth-order valence-electron chi connectivity index (χ4n) is 3.35. The molecule has 0 aliphatic carbocycles. The first-order valence-electron chi connectivity index (χ1n) is 9.82. The molecule has 2 aromatic rings. The molecule has 1 atom stereocenters. The molecule has 10 nitrogen and oxygen atoms in total. The lowest BCUT2D eigenvalue weighted by Crippen LogP contribution is -2.57. The molecular weight excluding hydrogens is 436 g/mol. The molecule has 0 unspecified atom stereocenters. The first-order valence-corrected chi connectivity index (χ1v) is 11.3. The van der Waals surface area contributed by atoms with Crippen molar-refractivity contribution in [2.75, 3.05) is 30.8 Å². The van der Waals surface area contributed by atoms with Gasteiger partial charge in [-0.1, -0.05) is 12.1 Å². The SMILES string of the molecule is COc1ccccc1NC(=O)C[C@H]1C(=O)NCCN1S(=O)(=O)c1ccc(NC(C)=O)cc1. The minimum absolute atomic E-state index is 0.0219. The summed E-state index contributed by atoms with van der Waals surface area (Å²) >= 11 is 0. The summed E-state index contributed by atoms with van der Waals surface area (Å²) in [4.78, 5) is 36.3. The highest BCUT2D eigenvalue weighted by atomic mass is 32.2. The minimum atomic E-state index is -4.07. The molecule has 0 spiro atoms. The number of sulfonamides is 1. The summed E-state index contributed by atoms with van der Waals surface area (Å²) in [5.41, 5.74) is 0.861. The van der Waals surface area contributed by atoms with Crippen molar-refractivity contribution in [1.82, 2.24) is 9.62 Å². The van der Waals surface area contributed by atoms with Crippen LogP contribution in [0.25, 0.3) is 0 Å². The number of carbonyl (C=O) groups is 3. The van der Waals surface area contributed by atoms with E-state index in [0.717, 1.165) is 4.31 Å². The van der Waals surface area contributed by atoms with Gasteiger partial charge in [0, 0.05) is 25.7 Å². The number of piperazine rings is 1. The number of hydrogen-bond donors (Lipinski definition) is 3. The topological polar surface area (TPSA) is 134 Å². The van der Waals surface area contributed by atoms with Crippen molar-refractivity contribution < 1.29 is 27.5 Å². The number of para-hydroxylation sites is 2. The molecule has 1 fully saturated rings. The Kier molecular flexibility index (Phi) is 7.11. The molecule has 3 N–H and O–H groups in total. The average molecular weight is 461 g/mol. The van der Waals surface area contributed by atoms with E-state index in [4.69, 9.17) is 4.74 Å². The first kappa shape index (κ1) is 23.2. The van der Waals surface area contributed by atoms with Crippen LogP contribution in [-0.4, -0.2) is 56.7 Å². The molecule has 170 valence electrons. The molecule has 3 amide bonds. The number of ether oxygens (including phenoxy) is 1. The van der Waals surface area contributed by atoms with Crippen molar-refractivity contribution in [2.45, 2.75) is 24.3 Å². The molecular formula is C21H24N4O6S. The molecule has 1 aliphatic heterocycles. The maximum Gasteiger partial charge on any atom is 0.243 e. The molecule has 1 saturated heterocycles. The van der Waals surface area contributed by atoms with Crippen LogP contribution in [0.5, 0.6) is 5.75 Å². The number of nitrogens with zero attached hydrogens (tertiary/aromatic N) is 1. The third kappa shape index (κ3) is 5.24. The van der Waals surface area contributed by atoms with E-state index in [2.05, 4.69) is 16.0 Å². The molecule has 1 aliphatic rings. The predicted molar refractivity (Wildman–Crippen MR) is 118 cm³/mol. The molecule has 3 rings (SSSR count). The van der Waals surface area contributed by atoms with Crippen LogP contribution in [0.2, 0.25) is 0 Å². The summed E-state index contributed by atoms with van der Waals surface area (Å²) in [6, 6.07) is 11.2. The summed E-state index contributed by atoms with van der Waals surface area (Å²) in [5, 5.41) is 7.83. The monoisotopic (exact) mass is 460 g/mol. The lowest BCUT2D eigenvalue weighted by Gasteiger charge is -2.33. The van der Waals surface area contributed by atoms with Gasteiger partial charge >= 0.3 is 0 Å². The zero-order valence-electron chi connectivity index (χ0n) is 17.6. The quantitative estimate of drug-likeness (QED) is 0.568. The van der Waals surface area contributed by atoms with Crippen LogP contribution in [0.1, 0.15) is 13.3 Å². The van der Waals surface area contributed by atoms with Gasteiger partial charge in [0.15, 0.2) is 0 Å². The van der Waals surface area contributed by atoms with Crippen LogP contribution in [0.4, 0.5) is 11.4 Å². The lowest BCUT2D eigenvalue weighted by atomic mass is 10.1. The summed E-state index contributed by atoms with van der Waals surface area (Å²) in [5.74, 6) is -0.922. The molecule has 32 heavy (non-hydrogen) atoms. The van der Waals surface area contributed by atoms with Crippen LogP contribution in [0.15, 0.2) is 53.4 Å². The largest absolute Gasteiger partial charge is 0.495 e. The normalized spacial score (nSPS) is 16.7. The fourth-order valence-corrected chi connectivity index (χ4v) is 4.94. The van der Waals surface area contributed by atoms with Crippen LogP contribution < -0.4 is 20.7 Å². The second kappa shape index (κ2) is 9.79. The number of anilines is 2. The van der Waals surface area contributed by atoms with Gasteiger partial charge in [-0.2, -0.15) is 4.31 Å². The second-order valence-electron chi connectivity index (χ2n) is 7.08. The zero-order valence-corrected chi connectivity index (χ0v) is 18.4. The van der Waals surface area contributed by atoms with Crippen molar-refractivity contribution in [1.29, 1.82) is 0 Å². The molecule has 2 aromatic carbocycles. The van der Waals surface area contributed by atoms with Gasteiger partial charge in [-0.05, 0) is 36.4 Å². The van der Waals surface area contributed by atoms with Gasteiger partial charge in [0.1, 0.15) is 11.8 Å². The van der Waals surface area contributed by atoms with Crippen LogP contribution in [0.3, 0.4) is 0 Å².